The van der Waals surface area contributed by atoms with Crippen LogP contribution in [0.15, 0.2) is 0 Å². The van der Waals surface area contributed by atoms with Gasteiger partial charge in [0.1, 0.15) is 0 Å². The van der Waals surface area contributed by atoms with Crippen LogP contribution in [-0.2, 0) is 0 Å². The van der Waals surface area contributed by atoms with Gasteiger partial charge in [0.05, 0.1) is 0 Å². The van der Waals surface area contributed by atoms with Crippen molar-refractivity contribution >= 4 is 0 Å². The van der Waals surface area contributed by atoms with Crippen molar-refractivity contribution in [3.63, 3.8) is 0 Å². The van der Waals surface area contributed by atoms with Crippen molar-refractivity contribution in [2.24, 2.45) is 58.7 Å². The number of fused-ring (bicyclic) bond motifs is 4. The summed E-state index contributed by atoms with van der Waals surface area (Å²) in [4.78, 5) is 0. The van der Waals surface area contributed by atoms with Gasteiger partial charge in [-0.15, -0.1) is 0 Å². The summed E-state index contributed by atoms with van der Waals surface area (Å²) >= 11 is 0. The van der Waals surface area contributed by atoms with Gasteiger partial charge in [-0.05, 0) is 110 Å². The Morgan fingerprint density at radius 3 is 1.93 bits per heavy atom. The van der Waals surface area contributed by atoms with Crippen LogP contribution in [0.1, 0.15) is 111 Å². The summed E-state index contributed by atoms with van der Waals surface area (Å²) in [5.41, 5.74) is 0.629. The van der Waals surface area contributed by atoms with Crippen LogP contribution in [0.3, 0.4) is 0 Å². The monoisotopic (exact) mass is 370 g/mol. The summed E-state index contributed by atoms with van der Waals surface area (Å²) < 4.78 is 0. The summed E-state index contributed by atoms with van der Waals surface area (Å²) in [6, 6.07) is 0. The molecule has 9 unspecified atom stereocenters. The van der Waals surface area contributed by atoms with Crippen molar-refractivity contribution in [3.8, 4) is 0 Å². The zero-order valence-corrected chi connectivity index (χ0v) is 18.6. The maximum Gasteiger partial charge on any atom is -0.0292 e. The molecule has 0 aliphatic heterocycles. The van der Waals surface area contributed by atoms with Crippen molar-refractivity contribution in [1.82, 2.24) is 0 Å². The Bertz CT molecular complexity index is 518. The Morgan fingerprint density at radius 2 is 1.15 bits per heavy atom. The Balaban J connectivity index is 1.28. The standard InChI is InChI=1S/C27H46/c1-4-18-9-13-23-24-14-12-22(17-26(24)27(2,3)25(23)15-18)21-11-10-19-7-5-6-8-20(19)16-21/h18-26H,4-17H2,1-3H3. The minimum absolute atomic E-state index is 0.629. The van der Waals surface area contributed by atoms with Crippen LogP contribution >= 0.6 is 0 Å². The highest BCUT2D eigenvalue weighted by Crippen LogP contribution is 2.65. The Labute approximate surface area is 169 Å². The molecule has 5 fully saturated rings. The number of hydrogen-bond acceptors (Lipinski definition) is 0. The van der Waals surface area contributed by atoms with E-state index in [1.54, 1.807) is 70.6 Å². The first-order valence-electron chi connectivity index (χ1n) is 13.1. The van der Waals surface area contributed by atoms with E-state index in [2.05, 4.69) is 20.8 Å². The van der Waals surface area contributed by atoms with Gasteiger partial charge in [-0.2, -0.15) is 0 Å². The van der Waals surface area contributed by atoms with Gasteiger partial charge in [0.2, 0.25) is 0 Å². The van der Waals surface area contributed by atoms with Crippen LogP contribution < -0.4 is 0 Å². The van der Waals surface area contributed by atoms with Gasteiger partial charge in [-0.1, -0.05) is 59.3 Å². The Hall–Kier alpha value is 0. The van der Waals surface area contributed by atoms with Crippen molar-refractivity contribution in [2.45, 2.75) is 111 Å². The third kappa shape index (κ3) is 3.24. The molecule has 154 valence electrons. The van der Waals surface area contributed by atoms with Gasteiger partial charge in [0.15, 0.2) is 0 Å². The molecule has 5 aliphatic carbocycles. The predicted molar refractivity (Wildman–Crippen MR) is 116 cm³/mol. The first kappa shape index (κ1) is 19.0. The van der Waals surface area contributed by atoms with E-state index < -0.39 is 0 Å². The molecule has 0 bridgehead atoms. The summed E-state index contributed by atoms with van der Waals surface area (Å²) in [6.07, 6.45) is 22.0. The predicted octanol–water partition coefficient (Wildman–Crippen LogP) is 8.11. The van der Waals surface area contributed by atoms with E-state index >= 15 is 0 Å². The summed E-state index contributed by atoms with van der Waals surface area (Å²) in [7, 11) is 0. The third-order valence-corrected chi connectivity index (χ3v) is 11.2. The topological polar surface area (TPSA) is 0 Å². The molecule has 5 rings (SSSR count). The maximum absolute atomic E-state index is 2.70. The molecular weight excluding hydrogens is 324 g/mol. The molecule has 9 atom stereocenters. The van der Waals surface area contributed by atoms with Crippen LogP contribution in [0.2, 0.25) is 0 Å². The summed E-state index contributed by atoms with van der Waals surface area (Å²) in [5, 5.41) is 0. The molecule has 0 N–H and O–H groups in total. The maximum atomic E-state index is 2.70. The number of hydrogen-bond donors (Lipinski definition) is 0. The lowest BCUT2D eigenvalue weighted by Gasteiger charge is -2.46. The average Bonchev–Trinajstić information content (AvgIpc) is 2.94. The van der Waals surface area contributed by atoms with Crippen molar-refractivity contribution in [2.75, 3.05) is 0 Å². The molecule has 0 spiro atoms. The minimum atomic E-state index is 0.629. The first-order valence-corrected chi connectivity index (χ1v) is 13.1. The highest BCUT2D eigenvalue weighted by molar-refractivity contribution is 5.06. The van der Waals surface area contributed by atoms with Crippen LogP contribution in [0.4, 0.5) is 0 Å². The van der Waals surface area contributed by atoms with Crippen molar-refractivity contribution in [1.29, 1.82) is 0 Å². The average molecular weight is 371 g/mol. The quantitative estimate of drug-likeness (QED) is 0.460. The van der Waals surface area contributed by atoms with Crippen molar-refractivity contribution < 1.29 is 0 Å². The lowest BCUT2D eigenvalue weighted by atomic mass is 9.59. The second-order valence-corrected chi connectivity index (χ2v) is 12.4. The smallest absolute Gasteiger partial charge is 0.0292 e. The van der Waals surface area contributed by atoms with Gasteiger partial charge >= 0.3 is 0 Å². The molecule has 0 saturated heterocycles. The van der Waals surface area contributed by atoms with E-state index in [0.717, 1.165) is 53.3 Å². The number of rotatable bonds is 2. The second-order valence-electron chi connectivity index (χ2n) is 12.4. The van der Waals surface area contributed by atoms with E-state index in [4.69, 9.17) is 0 Å². The van der Waals surface area contributed by atoms with Crippen LogP contribution in [0, 0.1) is 58.7 Å². The van der Waals surface area contributed by atoms with Gasteiger partial charge in [0, 0.05) is 0 Å². The molecule has 0 radical (unpaired) electrons. The van der Waals surface area contributed by atoms with E-state index in [1.807, 2.05) is 0 Å². The Kier molecular flexibility index (Phi) is 5.17. The molecule has 0 heterocycles. The third-order valence-electron chi connectivity index (χ3n) is 11.2. The van der Waals surface area contributed by atoms with Gasteiger partial charge in [0.25, 0.3) is 0 Å². The van der Waals surface area contributed by atoms with Gasteiger partial charge < -0.3 is 0 Å². The fraction of sp³-hybridized carbons (Fsp3) is 1.00. The zero-order valence-electron chi connectivity index (χ0n) is 18.6. The van der Waals surface area contributed by atoms with Crippen LogP contribution in [0.25, 0.3) is 0 Å². The Morgan fingerprint density at radius 1 is 0.593 bits per heavy atom. The first-order chi connectivity index (χ1) is 13.1. The van der Waals surface area contributed by atoms with E-state index in [9.17, 15) is 0 Å². The summed E-state index contributed by atoms with van der Waals surface area (Å²) in [5.74, 6) is 9.81. The highest BCUT2D eigenvalue weighted by Gasteiger charge is 2.57. The van der Waals surface area contributed by atoms with Gasteiger partial charge in [-0.25, -0.2) is 0 Å². The molecule has 0 heteroatoms. The SMILES string of the molecule is CCC1CCC2C3CCC(C4CCC5CCCCC5C4)CC3C(C)(C)C2C1. The van der Waals surface area contributed by atoms with Crippen LogP contribution in [0.5, 0.6) is 0 Å². The molecule has 5 saturated carbocycles. The molecular formula is C27H46. The molecule has 27 heavy (non-hydrogen) atoms. The van der Waals surface area contributed by atoms with E-state index in [0.29, 0.717) is 5.41 Å². The fourth-order valence-electron chi connectivity index (χ4n) is 9.66. The molecule has 0 aromatic heterocycles. The summed E-state index contributed by atoms with van der Waals surface area (Å²) in [6.45, 7) is 7.85. The van der Waals surface area contributed by atoms with E-state index in [-0.39, 0.29) is 0 Å². The van der Waals surface area contributed by atoms with Crippen molar-refractivity contribution in [3.05, 3.63) is 0 Å². The fourth-order valence-corrected chi connectivity index (χ4v) is 9.66. The largest absolute Gasteiger partial charge is 0.0651 e. The molecule has 0 nitrogen and oxygen atoms in total. The lowest BCUT2D eigenvalue weighted by molar-refractivity contribution is 0.0381. The van der Waals surface area contributed by atoms with E-state index in [1.165, 1.54) is 19.3 Å². The zero-order chi connectivity index (χ0) is 18.6. The lowest BCUT2D eigenvalue weighted by Crippen LogP contribution is -2.37. The second kappa shape index (κ2) is 7.36. The molecule has 5 aliphatic rings. The molecule has 0 amide bonds. The highest BCUT2D eigenvalue weighted by atomic mass is 14.6. The molecule has 0 aromatic rings. The van der Waals surface area contributed by atoms with Crippen LogP contribution in [-0.4, -0.2) is 0 Å². The molecule has 0 aromatic carbocycles. The minimum Gasteiger partial charge on any atom is -0.0651 e. The van der Waals surface area contributed by atoms with Gasteiger partial charge in [-0.3, -0.25) is 0 Å². The normalized spacial score (nSPS) is 51.9.